The fourth-order valence-electron chi connectivity index (χ4n) is 6.95. The van der Waals surface area contributed by atoms with E-state index < -0.39 is 12.1 Å². The number of anilines is 1. The summed E-state index contributed by atoms with van der Waals surface area (Å²) in [6, 6.07) is 23.4. The van der Waals surface area contributed by atoms with Crippen molar-refractivity contribution >= 4 is 33.5 Å². The van der Waals surface area contributed by atoms with Crippen molar-refractivity contribution in [2.75, 3.05) is 57.8 Å². The lowest BCUT2D eigenvalue weighted by atomic mass is 10.0. The zero-order valence-electron chi connectivity index (χ0n) is 26.5. The van der Waals surface area contributed by atoms with E-state index in [4.69, 9.17) is 9.15 Å². The molecule has 0 spiro atoms. The molecule has 47 heavy (non-hydrogen) atoms. The summed E-state index contributed by atoms with van der Waals surface area (Å²) in [5.41, 5.74) is 3.39. The number of methoxy groups -OCH3 is 1. The Hall–Kier alpha value is -4.51. The molecule has 1 amide bonds. The van der Waals surface area contributed by atoms with Gasteiger partial charge in [0.15, 0.2) is 0 Å². The third kappa shape index (κ3) is 6.81. The van der Waals surface area contributed by atoms with Crippen molar-refractivity contribution in [3.63, 3.8) is 0 Å². The van der Waals surface area contributed by atoms with Gasteiger partial charge in [-0.1, -0.05) is 18.2 Å². The second kappa shape index (κ2) is 13.7. The number of aliphatic hydroxyl groups excluding tert-OH is 1. The molecule has 0 bridgehead atoms. The number of fused-ring (bicyclic) bond motifs is 2. The standard InChI is InChI=1S/C37H40FN5O4/c1-46-29-10-11-32-31(23-29)30(12-15-39-32)33(44)24-41-16-13-27(14-17-41)40-37(45)36(35-22-25-4-2-3-5-34(25)47-35)43-20-18-42(19-21-43)28-8-6-26(38)7-9-28/h2-12,15,22-23,27,33,36,44H,13-14,16-21,24H2,1H3,(H,40,45)/t33-,36?/m0/s1. The van der Waals surface area contributed by atoms with E-state index in [0.717, 1.165) is 77.9 Å². The highest BCUT2D eigenvalue weighted by atomic mass is 19.1. The third-order valence-corrected chi connectivity index (χ3v) is 9.54. The van der Waals surface area contributed by atoms with Gasteiger partial charge in [0.25, 0.3) is 0 Å². The molecule has 2 fully saturated rings. The number of carbonyl (C=O) groups is 1. The predicted octanol–water partition coefficient (Wildman–Crippen LogP) is 5.31. The van der Waals surface area contributed by atoms with Crippen molar-refractivity contribution in [2.45, 2.75) is 31.0 Å². The minimum absolute atomic E-state index is 0.0225. The van der Waals surface area contributed by atoms with Gasteiger partial charge in [0.1, 0.15) is 29.0 Å². The number of halogens is 1. The van der Waals surface area contributed by atoms with Gasteiger partial charge < -0.3 is 29.4 Å². The number of amides is 1. The largest absolute Gasteiger partial charge is 0.497 e. The Bertz CT molecular complexity index is 1800. The Morgan fingerprint density at radius 2 is 1.77 bits per heavy atom. The highest BCUT2D eigenvalue weighted by Gasteiger charge is 2.35. The van der Waals surface area contributed by atoms with Crippen LogP contribution in [0.5, 0.6) is 5.75 Å². The second-order valence-electron chi connectivity index (χ2n) is 12.5. The predicted molar refractivity (Wildman–Crippen MR) is 180 cm³/mol. The summed E-state index contributed by atoms with van der Waals surface area (Å²) in [5.74, 6) is 1.06. The summed E-state index contributed by atoms with van der Waals surface area (Å²) in [7, 11) is 1.63. The molecular weight excluding hydrogens is 597 g/mol. The van der Waals surface area contributed by atoms with Crippen LogP contribution in [0.2, 0.25) is 0 Å². The zero-order chi connectivity index (χ0) is 32.3. The van der Waals surface area contributed by atoms with Crippen LogP contribution in [0.15, 0.2) is 89.5 Å². The number of nitrogens with zero attached hydrogens (tertiary/aromatic N) is 4. The molecule has 2 N–H and O–H groups in total. The molecule has 0 saturated carbocycles. The molecule has 7 rings (SSSR count). The lowest BCUT2D eigenvalue weighted by Gasteiger charge is -2.40. The lowest BCUT2D eigenvalue weighted by Crippen LogP contribution is -2.53. The number of ether oxygens (including phenoxy) is 1. The maximum Gasteiger partial charge on any atom is 0.245 e. The quantitative estimate of drug-likeness (QED) is 0.225. The van der Waals surface area contributed by atoms with E-state index in [-0.39, 0.29) is 17.8 Å². The number of aromatic nitrogens is 1. The van der Waals surface area contributed by atoms with E-state index in [1.165, 1.54) is 12.1 Å². The SMILES string of the molecule is COc1ccc2nccc([C@@H](O)CN3CCC(NC(=O)C(c4cc5ccccc5o4)N4CCN(c5ccc(F)cc5)CC4)CC3)c2c1. The van der Waals surface area contributed by atoms with Gasteiger partial charge in [0.05, 0.1) is 18.7 Å². The van der Waals surface area contributed by atoms with Crippen LogP contribution < -0.4 is 15.0 Å². The van der Waals surface area contributed by atoms with Gasteiger partial charge in [0, 0.05) is 74.5 Å². The summed E-state index contributed by atoms with van der Waals surface area (Å²) in [5, 5.41) is 16.4. The van der Waals surface area contributed by atoms with Crippen LogP contribution in [0.1, 0.15) is 36.3 Å². The van der Waals surface area contributed by atoms with Gasteiger partial charge in [-0.2, -0.15) is 0 Å². The van der Waals surface area contributed by atoms with E-state index in [0.29, 0.717) is 25.4 Å². The number of pyridine rings is 1. The van der Waals surface area contributed by atoms with E-state index in [1.807, 2.05) is 54.6 Å². The first-order chi connectivity index (χ1) is 22.9. The number of aliphatic hydroxyl groups is 1. The minimum Gasteiger partial charge on any atom is -0.497 e. The van der Waals surface area contributed by atoms with E-state index in [1.54, 1.807) is 25.4 Å². The van der Waals surface area contributed by atoms with E-state index in [9.17, 15) is 14.3 Å². The van der Waals surface area contributed by atoms with Crippen molar-refractivity contribution in [3.8, 4) is 5.75 Å². The number of benzene rings is 3. The molecule has 244 valence electrons. The number of piperazine rings is 1. The van der Waals surface area contributed by atoms with Gasteiger partial charge in [-0.3, -0.25) is 14.7 Å². The van der Waals surface area contributed by atoms with Crippen molar-refractivity contribution in [1.29, 1.82) is 0 Å². The molecule has 0 aliphatic carbocycles. The number of likely N-dealkylation sites (tertiary alicyclic amines) is 1. The molecule has 3 aromatic carbocycles. The number of para-hydroxylation sites is 1. The zero-order valence-corrected chi connectivity index (χ0v) is 26.5. The molecule has 2 aliphatic heterocycles. The molecule has 0 radical (unpaired) electrons. The molecule has 5 aromatic rings. The summed E-state index contributed by atoms with van der Waals surface area (Å²) in [4.78, 5) is 25.2. The number of carbonyl (C=O) groups excluding carboxylic acids is 1. The molecule has 2 atom stereocenters. The number of furan rings is 1. The number of hydrogen-bond acceptors (Lipinski definition) is 8. The maximum atomic E-state index is 14.1. The van der Waals surface area contributed by atoms with Crippen LogP contribution >= 0.6 is 0 Å². The topological polar surface area (TPSA) is 94.3 Å². The van der Waals surface area contributed by atoms with Gasteiger partial charge in [-0.05, 0) is 79.1 Å². The summed E-state index contributed by atoms with van der Waals surface area (Å²) >= 11 is 0. The molecule has 2 aliphatic rings. The van der Waals surface area contributed by atoms with Crippen LogP contribution in [0.3, 0.4) is 0 Å². The van der Waals surface area contributed by atoms with Crippen LogP contribution in [0.4, 0.5) is 10.1 Å². The maximum absolute atomic E-state index is 14.1. The number of piperidine rings is 1. The normalized spacial score (nSPS) is 18.0. The molecular formula is C37H40FN5O4. The third-order valence-electron chi connectivity index (χ3n) is 9.54. The Kier molecular flexibility index (Phi) is 9.06. The highest BCUT2D eigenvalue weighted by molar-refractivity contribution is 5.86. The first kappa shape index (κ1) is 31.1. The summed E-state index contributed by atoms with van der Waals surface area (Å²) < 4.78 is 25.2. The number of β-amino-alcohol motifs (C(OH)–C–C–N with tert-alkyl or cyclic N) is 1. The Morgan fingerprint density at radius 3 is 2.51 bits per heavy atom. The van der Waals surface area contributed by atoms with E-state index in [2.05, 4.69) is 25.0 Å². The molecule has 2 aromatic heterocycles. The van der Waals surface area contributed by atoms with Crippen LogP contribution in [-0.2, 0) is 4.79 Å². The van der Waals surface area contributed by atoms with Crippen molar-refractivity contribution in [1.82, 2.24) is 20.1 Å². The number of rotatable bonds is 9. The smallest absolute Gasteiger partial charge is 0.245 e. The highest BCUT2D eigenvalue weighted by Crippen LogP contribution is 2.31. The Morgan fingerprint density at radius 1 is 1.00 bits per heavy atom. The summed E-state index contributed by atoms with van der Waals surface area (Å²) in [6.07, 6.45) is 2.63. The van der Waals surface area contributed by atoms with Crippen molar-refractivity contribution < 1.29 is 23.4 Å². The number of nitrogens with one attached hydrogen (secondary N) is 1. The second-order valence-corrected chi connectivity index (χ2v) is 12.5. The average Bonchev–Trinajstić information content (AvgIpc) is 3.53. The molecule has 4 heterocycles. The van der Waals surface area contributed by atoms with E-state index >= 15 is 0 Å². The lowest BCUT2D eigenvalue weighted by molar-refractivity contribution is -0.128. The van der Waals surface area contributed by atoms with Crippen molar-refractivity contribution in [3.05, 3.63) is 102 Å². The first-order valence-corrected chi connectivity index (χ1v) is 16.3. The van der Waals surface area contributed by atoms with Gasteiger partial charge >= 0.3 is 0 Å². The average molecular weight is 638 g/mol. The fraction of sp³-hybridized carbons (Fsp3) is 0.351. The first-order valence-electron chi connectivity index (χ1n) is 16.3. The minimum atomic E-state index is -0.676. The fourth-order valence-corrected chi connectivity index (χ4v) is 6.95. The van der Waals surface area contributed by atoms with Crippen molar-refractivity contribution in [2.24, 2.45) is 0 Å². The summed E-state index contributed by atoms with van der Waals surface area (Å²) in [6.45, 7) is 4.79. The Balaban J connectivity index is 1.00. The molecule has 10 heteroatoms. The molecule has 9 nitrogen and oxygen atoms in total. The van der Waals surface area contributed by atoms with Gasteiger partial charge in [-0.25, -0.2) is 4.39 Å². The molecule has 1 unspecified atom stereocenters. The Labute approximate surface area is 273 Å². The van der Waals surface area contributed by atoms with Gasteiger partial charge in [-0.15, -0.1) is 0 Å². The van der Waals surface area contributed by atoms with Crippen LogP contribution in [0.25, 0.3) is 21.9 Å². The van der Waals surface area contributed by atoms with Crippen LogP contribution in [-0.4, -0.2) is 84.8 Å². The van der Waals surface area contributed by atoms with Crippen LogP contribution in [0, 0.1) is 5.82 Å². The number of hydrogen-bond donors (Lipinski definition) is 2. The monoisotopic (exact) mass is 637 g/mol. The molecule has 2 saturated heterocycles. The van der Waals surface area contributed by atoms with Gasteiger partial charge in [0.2, 0.25) is 5.91 Å².